The lowest BCUT2D eigenvalue weighted by Gasteiger charge is -2.32. The number of hydrogen-bond acceptors (Lipinski definition) is 11. The summed E-state index contributed by atoms with van der Waals surface area (Å²) >= 11 is 0. The first-order valence-electron chi connectivity index (χ1n) is 7.95. The van der Waals surface area contributed by atoms with Gasteiger partial charge in [-0.2, -0.15) is 0 Å². The molecule has 11 nitrogen and oxygen atoms in total. The molecule has 27 heavy (non-hydrogen) atoms. The van der Waals surface area contributed by atoms with Gasteiger partial charge < -0.3 is 28.4 Å². The highest BCUT2D eigenvalue weighted by atomic mass is 16.8. The summed E-state index contributed by atoms with van der Waals surface area (Å²) < 4.78 is 30.9. The molecule has 0 saturated carbocycles. The lowest BCUT2D eigenvalue weighted by atomic mass is 10.0. The van der Waals surface area contributed by atoms with Gasteiger partial charge in [-0.05, 0) is 0 Å². The Balaban J connectivity index is 3.32. The molecule has 1 heterocycles. The van der Waals surface area contributed by atoms with E-state index in [0.717, 1.165) is 34.6 Å². The van der Waals surface area contributed by atoms with Crippen LogP contribution in [0.4, 0.5) is 0 Å². The van der Waals surface area contributed by atoms with Gasteiger partial charge >= 0.3 is 29.8 Å². The van der Waals surface area contributed by atoms with E-state index in [1.807, 2.05) is 0 Å². The van der Waals surface area contributed by atoms with E-state index in [2.05, 4.69) is 0 Å². The normalized spacial score (nSPS) is 26.6. The van der Waals surface area contributed by atoms with Crippen molar-refractivity contribution in [3.05, 3.63) is 0 Å². The van der Waals surface area contributed by atoms with Gasteiger partial charge in [-0.3, -0.25) is 24.0 Å². The minimum Gasteiger partial charge on any atom is -0.463 e. The van der Waals surface area contributed by atoms with Crippen molar-refractivity contribution in [1.82, 2.24) is 0 Å². The molecule has 0 aliphatic carbocycles. The van der Waals surface area contributed by atoms with Gasteiger partial charge in [0.05, 0.1) is 0 Å². The predicted molar refractivity (Wildman–Crippen MR) is 83.7 cm³/mol. The van der Waals surface area contributed by atoms with E-state index < -0.39 is 67.2 Å². The first kappa shape index (κ1) is 22.4. The summed E-state index contributed by atoms with van der Waals surface area (Å²) in [6.45, 7) is 4.46. The van der Waals surface area contributed by atoms with Crippen LogP contribution in [0.1, 0.15) is 34.6 Å². The third kappa shape index (κ3) is 6.51. The van der Waals surface area contributed by atoms with Crippen LogP contribution in [0.2, 0.25) is 0 Å². The molecule has 4 atom stereocenters. The first-order chi connectivity index (χ1) is 12.5. The molecule has 152 valence electrons. The SMILES string of the molecule is CC(=O)OC[C@H]1O[C@@](COC(C)=O)(OC(C)=O)[C@@H](OC(C)=O)[C@@H]1OC(C)=O. The summed E-state index contributed by atoms with van der Waals surface area (Å²) in [6, 6.07) is 0. The van der Waals surface area contributed by atoms with Crippen LogP contribution < -0.4 is 0 Å². The van der Waals surface area contributed by atoms with E-state index in [1.54, 1.807) is 0 Å². The molecule has 0 spiro atoms. The Kier molecular flexibility index (Phi) is 7.70. The van der Waals surface area contributed by atoms with Crippen LogP contribution in [0.25, 0.3) is 0 Å². The Bertz CT molecular complexity index is 613. The van der Waals surface area contributed by atoms with Crippen molar-refractivity contribution in [2.45, 2.75) is 58.7 Å². The Morgan fingerprint density at radius 1 is 0.778 bits per heavy atom. The van der Waals surface area contributed by atoms with Gasteiger partial charge in [0.2, 0.25) is 6.10 Å². The summed E-state index contributed by atoms with van der Waals surface area (Å²) in [5.74, 6) is -5.84. The molecule has 1 aliphatic rings. The van der Waals surface area contributed by atoms with Gasteiger partial charge in [-0.1, -0.05) is 0 Å². The number of hydrogen-bond donors (Lipinski definition) is 0. The van der Waals surface area contributed by atoms with Crippen molar-refractivity contribution in [1.29, 1.82) is 0 Å². The van der Waals surface area contributed by atoms with Crippen LogP contribution in [0.3, 0.4) is 0 Å². The number of rotatable bonds is 7. The average molecular weight is 390 g/mol. The van der Waals surface area contributed by atoms with Gasteiger partial charge in [0, 0.05) is 34.6 Å². The van der Waals surface area contributed by atoms with Crippen molar-refractivity contribution < 1.29 is 52.4 Å². The fraction of sp³-hybridized carbons (Fsp3) is 0.688. The van der Waals surface area contributed by atoms with Gasteiger partial charge in [0.25, 0.3) is 5.79 Å². The molecule has 1 rings (SSSR count). The molecule has 0 aromatic heterocycles. The molecular weight excluding hydrogens is 368 g/mol. The van der Waals surface area contributed by atoms with Crippen LogP contribution in [0.15, 0.2) is 0 Å². The van der Waals surface area contributed by atoms with Gasteiger partial charge in [-0.25, -0.2) is 0 Å². The maximum Gasteiger partial charge on any atom is 0.305 e. The van der Waals surface area contributed by atoms with E-state index in [1.165, 1.54) is 0 Å². The molecule has 0 bridgehead atoms. The Hall–Kier alpha value is -2.69. The number of esters is 5. The van der Waals surface area contributed by atoms with Crippen LogP contribution in [-0.4, -0.2) is 67.2 Å². The summed E-state index contributed by atoms with van der Waals surface area (Å²) in [7, 11) is 0. The second-order valence-electron chi connectivity index (χ2n) is 5.75. The molecule has 0 amide bonds. The summed E-state index contributed by atoms with van der Waals surface area (Å²) in [6.07, 6.45) is -3.92. The highest BCUT2D eigenvalue weighted by Crippen LogP contribution is 2.37. The Morgan fingerprint density at radius 3 is 1.78 bits per heavy atom. The third-order valence-electron chi connectivity index (χ3n) is 3.29. The molecule has 0 aromatic rings. The number of carbonyl (C=O) groups excluding carboxylic acids is 5. The third-order valence-corrected chi connectivity index (χ3v) is 3.29. The second-order valence-corrected chi connectivity index (χ2v) is 5.75. The molecule has 11 heteroatoms. The highest BCUT2D eigenvalue weighted by Gasteiger charge is 2.63. The lowest BCUT2D eigenvalue weighted by molar-refractivity contribution is -0.270. The van der Waals surface area contributed by atoms with Crippen LogP contribution in [0, 0.1) is 0 Å². The van der Waals surface area contributed by atoms with E-state index in [-0.39, 0.29) is 0 Å². The maximum absolute atomic E-state index is 11.6. The van der Waals surface area contributed by atoms with Gasteiger partial charge in [0.1, 0.15) is 12.7 Å². The van der Waals surface area contributed by atoms with Crippen molar-refractivity contribution in [3.63, 3.8) is 0 Å². The van der Waals surface area contributed by atoms with E-state index in [4.69, 9.17) is 28.4 Å². The molecule has 1 saturated heterocycles. The van der Waals surface area contributed by atoms with Gasteiger partial charge in [-0.15, -0.1) is 0 Å². The highest BCUT2D eigenvalue weighted by molar-refractivity contribution is 5.69. The maximum atomic E-state index is 11.6. The quantitative estimate of drug-likeness (QED) is 0.415. The van der Waals surface area contributed by atoms with Crippen molar-refractivity contribution in [3.8, 4) is 0 Å². The van der Waals surface area contributed by atoms with Crippen LogP contribution in [0.5, 0.6) is 0 Å². The molecule has 0 aromatic carbocycles. The van der Waals surface area contributed by atoms with E-state index in [9.17, 15) is 24.0 Å². The topological polar surface area (TPSA) is 141 Å². The smallest absolute Gasteiger partial charge is 0.305 e. The van der Waals surface area contributed by atoms with Crippen LogP contribution in [-0.2, 0) is 52.4 Å². The average Bonchev–Trinajstić information content (AvgIpc) is 2.76. The summed E-state index contributed by atoms with van der Waals surface area (Å²) in [4.78, 5) is 57.0. The summed E-state index contributed by atoms with van der Waals surface area (Å²) in [5.41, 5.74) is 0. The molecule has 0 radical (unpaired) electrons. The van der Waals surface area contributed by atoms with Crippen LogP contribution >= 0.6 is 0 Å². The fourth-order valence-corrected chi connectivity index (χ4v) is 2.50. The summed E-state index contributed by atoms with van der Waals surface area (Å²) in [5, 5.41) is 0. The molecule has 0 N–H and O–H groups in total. The minimum atomic E-state index is -2.09. The monoisotopic (exact) mass is 390 g/mol. The molecule has 1 aliphatic heterocycles. The van der Waals surface area contributed by atoms with Crippen molar-refractivity contribution in [2.24, 2.45) is 0 Å². The predicted octanol–water partition coefficient (Wildman–Crippen LogP) is -0.366. The van der Waals surface area contributed by atoms with E-state index >= 15 is 0 Å². The molecule has 1 fully saturated rings. The molecule has 0 unspecified atom stereocenters. The Labute approximate surface area is 155 Å². The lowest BCUT2D eigenvalue weighted by Crippen LogP contribution is -2.53. The second kappa shape index (κ2) is 9.31. The van der Waals surface area contributed by atoms with Gasteiger partial charge in [0.15, 0.2) is 12.7 Å². The fourth-order valence-electron chi connectivity index (χ4n) is 2.50. The Morgan fingerprint density at radius 2 is 1.33 bits per heavy atom. The standard InChI is InChI=1S/C16H22O11/c1-8(17)22-6-13-14(24-10(3)19)15(25-11(4)20)16(27-13,26-12(5)21)7-23-9(2)18/h13-15H,6-7H2,1-5H3/t13-,14-,15+,16-/m1/s1. The zero-order valence-electron chi connectivity index (χ0n) is 15.6. The minimum absolute atomic E-state index is 0.395. The number of ether oxygens (including phenoxy) is 6. The largest absolute Gasteiger partial charge is 0.463 e. The first-order valence-corrected chi connectivity index (χ1v) is 7.95. The molecular formula is C16H22O11. The zero-order valence-corrected chi connectivity index (χ0v) is 15.6. The van der Waals surface area contributed by atoms with Crippen molar-refractivity contribution >= 4 is 29.8 Å². The number of carbonyl (C=O) groups is 5. The van der Waals surface area contributed by atoms with Crippen molar-refractivity contribution in [2.75, 3.05) is 13.2 Å². The van der Waals surface area contributed by atoms with E-state index in [0.29, 0.717) is 0 Å². The zero-order chi connectivity index (χ0) is 20.8.